The average Bonchev–Trinajstić information content (AvgIpc) is 2.85. The van der Waals surface area contributed by atoms with Crippen molar-refractivity contribution in [3.63, 3.8) is 0 Å². The predicted octanol–water partition coefficient (Wildman–Crippen LogP) is 8.47. The highest BCUT2D eigenvalue weighted by molar-refractivity contribution is 5.70. The van der Waals surface area contributed by atoms with Gasteiger partial charge in [-0.25, -0.2) is 0 Å². The molecule has 208 valence electrons. The smallest absolute Gasteiger partial charge is 0.306 e. The number of allylic oxidation sites excluding steroid dienone is 1. The van der Waals surface area contributed by atoms with Gasteiger partial charge in [-0.15, -0.1) is 6.58 Å². The predicted molar refractivity (Wildman–Crippen MR) is 147 cm³/mol. The van der Waals surface area contributed by atoms with Crippen LogP contribution in [-0.4, -0.2) is 36.4 Å². The fourth-order valence-electron chi connectivity index (χ4n) is 3.79. The van der Waals surface area contributed by atoms with Gasteiger partial charge in [0.1, 0.15) is 6.61 Å². The molecule has 0 aliphatic rings. The van der Waals surface area contributed by atoms with E-state index in [1.165, 1.54) is 77.0 Å². The van der Waals surface area contributed by atoms with E-state index in [0.717, 1.165) is 38.5 Å². The number of carbonyl (C=O) groups excluding carboxylic acids is 2. The van der Waals surface area contributed by atoms with Crippen molar-refractivity contribution in [3.05, 3.63) is 12.7 Å². The van der Waals surface area contributed by atoms with Crippen LogP contribution in [0, 0.1) is 0 Å². The highest BCUT2D eigenvalue weighted by atomic mass is 16.6. The second kappa shape index (κ2) is 30.7. The van der Waals surface area contributed by atoms with Crippen molar-refractivity contribution in [3.8, 4) is 0 Å². The standard InChI is InChI=1S/C27H52O5.C3H6/c1-3-5-7-9-11-13-15-17-19-21-26(29)31-24-25(23-28)32-27(30)22-20-18-16-14-12-10-8-6-4-2;1-3-2/h25,28H,3-24H2,1-2H3;3H,1H2,2H3. The summed E-state index contributed by atoms with van der Waals surface area (Å²) in [4.78, 5) is 23.8. The van der Waals surface area contributed by atoms with Crippen LogP contribution in [0.1, 0.15) is 149 Å². The van der Waals surface area contributed by atoms with Gasteiger partial charge in [-0.1, -0.05) is 123 Å². The molecule has 0 radical (unpaired) electrons. The van der Waals surface area contributed by atoms with Crippen LogP contribution in [0.15, 0.2) is 12.7 Å². The molecule has 0 aromatic heterocycles. The van der Waals surface area contributed by atoms with Gasteiger partial charge in [0.2, 0.25) is 0 Å². The molecule has 0 aromatic carbocycles. The second-order valence-corrected chi connectivity index (χ2v) is 9.54. The Kier molecular flexibility index (Phi) is 31.4. The molecule has 0 rings (SSSR count). The Balaban J connectivity index is 0. The van der Waals surface area contributed by atoms with E-state index in [2.05, 4.69) is 20.4 Å². The molecule has 0 aliphatic heterocycles. The van der Waals surface area contributed by atoms with Crippen molar-refractivity contribution >= 4 is 11.9 Å². The Labute approximate surface area is 217 Å². The largest absolute Gasteiger partial charge is 0.462 e. The van der Waals surface area contributed by atoms with Gasteiger partial charge in [-0.3, -0.25) is 9.59 Å². The van der Waals surface area contributed by atoms with E-state index in [1.54, 1.807) is 6.08 Å². The summed E-state index contributed by atoms with van der Waals surface area (Å²) >= 11 is 0. The molecule has 1 N–H and O–H groups in total. The molecular formula is C30H58O5. The van der Waals surface area contributed by atoms with Gasteiger partial charge in [0.15, 0.2) is 6.10 Å². The number of ether oxygens (including phenoxy) is 2. The summed E-state index contributed by atoms with van der Waals surface area (Å²) < 4.78 is 10.4. The number of unbranched alkanes of at least 4 members (excludes halogenated alkanes) is 16. The molecule has 5 heteroatoms. The molecule has 0 saturated carbocycles. The van der Waals surface area contributed by atoms with E-state index in [0.29, 0.717) is 12.8 Å². The van der Waals surface area contributed by atoms with E-state index >= 15 is 0 Å². The Morgan fingerprint density at radius 2 is 1.03 bits per heavy atom. The molecule has 0 amide bonds. The molecule has 0 saturated heterocycles. The molecule has 0 aliphatic carbocycles. The summed E-state index contributed by atoms with van der Waals surface area (Å²) in [5.74, 6) is -0.594. The number of hydrogen-bond acceptors (Lipinski definition) is 5. The van der Waals surface area contributed by atoms with E-state index in [9.17, 15) is 14.7 Å². The van der Waals surface area contributed by atoms with Gasteiger partial charge in [0.25, 0.3) is 0 Å². The number of carbonyl (C=O) groups is 2. The van der Waals surface area contributed by atoms with E-state index in [1.807, 2.05) is 6.92 Å². The van der Waals surface area contributed by atoms with Crippen molar-refractivity contribution in [2.45, 2.75) is 155 Å². The summed E-state index contributed by atoms with van der Waals surface area (Å²) in [5.41, 5.74) is 0. The maximum absolute atomic E-state index is 11.9. The van der Waals surface area contributed by atoms with Crippen LogP contribution in [0.25, 0.3) is 0 Å². The van der Waals surface area contributed by atoms with Crippen LogP contribution in [-0.2, 0) is 19.1 Å². The molecule has 35 heavy (non-hydrogen) atoms. The van der Waals surface area contributed by atoms with Crippen LogP contribution < -0.4 is 0 Å². The van der Waals surface area contributed by atoms with E-state index in [-0.39, 0.29) is 25.2 Å². The quantitative estimate of drug-likeness (QED) is 0.0820. The number of aliphatic hydroxyl groups excluding tert-OH is 1. The lowest BCUT2D eigenvalue weighted by atomic mass is 10.1. The summed E-state index contributed by atoms with van der Waals surface area (Å²) in [5, 5.41) is 9.40. The van der Waals surface area contributed by atoms with Crippen molar-refractivity contribution < 1.29 is 24.2 Å². The number of hydrogen-bond donors (Lipinski definition) is 1. The van der Waals surface area contributed by atoms with Crippen LogP contribution in [0.3, 0.4) is 0 Å². The summed E-state index contributed by atoms with van der Waals surface area (Å²) in [6.07, 6.45) is 23.3. The van der Waals surface area contributed by atoms with Crippen LogP contribution >= 0.6 is 0 Å². The average molecular weight is 499 g/mol. The summed E-state index contributed by atoms with van der Waals surface area (Å²) in [7, 11) is 0. The third-order valence-electron chi connectivity index (χ3n) is 5.90. The van der Waals surface area contributed by atoms with Crippen molar-refractivity contribution in [2.24, 2.45) is 0 Å². The van der Waals surface area contributed by atoms with Crippen molar-refractivity contribution in [1.82, 2.24) is 0 Å². The Morgan fingerprint density at radius 1 is 0.686 bits per heavy atom. The molecule has 0 heterocycles. The topological polar surface area (TPSA) is 72.8 Å². The maximum atomic E-state index is 11.9. The zero-order valence-corrected chi connectivity index (χ0v) is 23.5. The SMILES string of the molecule is C=CC.CCCCCCCCCCCC(=O)OCC(CO)OC(=O)CCCCCCCCCCC. The van der Waals surface area contributed by atoms with Crippen LogP contribution in [0.5, 0.6) is 0 Å². The van der Waals surface area contributed by atoms with Gasteiger partial charge in [-0.2, -0.15) is 0 Å². The van der Waals surface area contributed by atoms with Crippen LogP contribution in [0.4, 0.5) is 0 Å². The zero-order chi connectivity index (χ0) is 26.4. The number of rotatable bonds is 24. The molecule has 0 aromatic rings. The molecule has 0 fully saturated rings. The van der Waals surface area contributed by atoms with Gasteiger partial charge in [-0.05, 0) is 19.8 Å². The third kappa shape index (κ3) is 30.6. The fourth-order valence-corrected chi connectivity index (χ4v) is 3.79. The lowest BCUT2D eigenvalue weighted by Gasteiger charge is -2.15. The fraction of sp³-hybridized carbons (Fsp3) is 0.867. The van der Waals surface area contributed by atoms with Gasteiger partial charge < -0.3 is 14.6 Å². The monoisotopic (exact) mass is 498 g/mol. The molecule has 1 unspecified atom stereocenters. The minimum Gasteiger partial charge on any atom is -0.462 e. The van der Waals surface area contributed by atoms with E-state index in [4.69, 9.17) is 9.47 Å². The lowest BCUT2D eigenvalue weighted by Crippen LogP contribution is -2.28. The second-order valence-electron chi connectivity index (χ2n) is 9.54. The highest BCUT2D eigenvalue weighted by Gasteiger charge is 2.16. The zero-order valence-electron chi connectivity index (χ0n) is 23.5. The minimum absolute atomic E-state index is 0.0593. The Bertz CT molecular complexity index is 464. The Morgan fingerprint density at radius 3 is 1.40 bits per heavy atom. The van der Waals surface area contributed by atoms with Gasteiger partial charge in [0, 0.05) is 12.8 Å². The van der Waals surface area contributed by atoms with Gasteiger partial charge in [0.05, 0.1) is 6.61 Å². The molecule has 0 bridgehead atoms. The number of aliphatic hydroxyl groups is 1. The first-order valence-corrected chi connectivity index (χ1v) is 14.6. The molecular weight excluding hydrogens is 440 g/mol. The van der Waals surface area contributed by atoms with Crippen molar-refractivity contribution in [1.29, 1.82) is 0 Å². The first-order valence-electron chi connectivity index (χ1n) is 14.6. The highest BCUT2D eigenvalue weighted by Crippen LogP contribution is 2.12. The summed E-state index contributed by atoms with van der Waals surface area (Å²) in [6, 6.07) is 0. The third-order valence-corrected chi connectivity index (χ3v) is 5.90. The molecule has 5 nitrogen and oxygen atoms in total. The van der Waals surface area contributed by atoms with Crippen LogP contribution in [0.2, 0.25) is 0 Å². The van der Waals surface area contributed by atoms with E-state index < -0.39 is 6.10 Å². The number of esters is 2. The minimum atomic E-state index is -0.756. The van der Waals surface area contributed by atoms with Gasteiger partial charge >= 0.3 is 11.9 Å². The summed E-state index contributed by atoms with van der Waals surface area (Å²) in [6.45, 7) is 9.32. The molecule has 0 spiro atoms. The lowest BCUT2D eigenvalue weighted by molar-refractivity contribution is -0.161. The maximum Gasteiger partial charge on any atom is 0.306 e. The normalized spacial score (nSPS) is 11.3. The Hall–Kier alpha value is -1.36. The first-order chi connectivity index (χ1) is 17.0. The molecule has 1 atom stereocenters. The first kappa shape index (κ1) is 35.8. The van der Waals surface area contributed by atoms with Crippen molar-refractivity contribution in [2.75, 3.05) is 13.2 Å².